The summed E-state index contributed by atoms with van der Waals surface area (Å²) >= 11 is 0. The Labute approximate surface area is 153 Å². The SMILES string of the molecule is CN1CCCN(c2ccc(NC(=O)CCOc3ccccc3)cc2)C1=O. The first kappa shape index (κ1) is 17.8. The number of anilines is 2. The number of benzene rings is 2. The van der Waals surface area contributed by atoms with Crippen molar-refractivity contribution < 1.29 is 14.3 Å². The maximum absolute atomic E-state index is 12.2. The molecule has 0 bridgehead atoms. The summed E-state index contributed by atoms with van der Waals surface area (Å²) in [6.45, 7) is 1.82. The first-order valence-corrected chi connectivity index (χ1v) is 8.74. The summed E-state index contributed by atoms with van der Waals surface area (Å²) in [5.74, 6) is 0.642. The third-order valence-corrected chi connectivity index (χ3v) is 4.24. The van der Waals surface area contributed by atoms with Crippen LogP contribution in [-0.4, -0.2) is 43.6 Å². The van der Waals surface area contributed by atoms with Gasteiger partial charge in [0.1, 0.15) is 5.75 Å². The van der Waals surface area contributed by atoms with E-state index < -0.39 is 0 Å². The monoisotopic (exact) mass is 353 g/mol. The van der Waals surface area contributed by atoms with Crippen LogP contribution in [0.15, 0.2) is 54.6 Å². The molecule has 0 unspecified atom stereocenters. The fourth-order valence-electron chi connectivity index (χ4n) is 2.83. The molecule has 1 aliphatic heterocycles. The van der Waals surface area contributed by atoms with E-state index in [1.165, 1.54) is 0 Å². The third kappa shape index (κ3) is 4.53. The number of ether oxygens (including phenoxy) is 1. The topological polar surface area (TPSA) is 61.9 Å². The van der Waals surface area contributed by atoms with Crippen LogP contribution >= 0.6 is 0 Å². The molecule has 136 valence electrons. The van der Waals surface area contributed by atoms with Crippen molar-refractivity contribution in [2.75, 3.05) is 37.0 Å². The minimum Gasteiger partial charge on any atom is -0.493 e. The van der Waals surface area contributed by atoms with Gasteiger partial charge in [-0.05, 0) is 42.8 Å². The molecule has 6 heteroatoms. The van der Waals surface area contributed by atoms with Gasteiger partial charge in [0.2, 0.25) is 5.91 Å². The standard InChI is InChI=1S/C20H23N3O3/c1-22-13-5-14-23(20(22)25)17-10-8-16(9-11-17)21-19(24)12-15-26-18-6-3-2-4-7-18/h2-4,6-11H,5,12-15H2,1H3,(H,21,24). The van der Waals surface area contributed by atoms with E-state index in [9.17, 15) is 9.59 Å². The fourth-order valence-corrected chi connectivity index (χ4v) is 2.83. The predicted molar refractivity (Wildman–Crippen MR) is 102 cm³/mol. The summed E-state index contributed by atoms with van der Waals surface area (Å²) < 4.78 is 5.53. The molecular weight excluding hydrogens is 330 g/mol. The number of rotatable bonds is 6. The van der Waals surface area contributed by atoms with E-state index in [2.05, 4.69) is 5.32 Å². The maximum Gasteiger partial charge on any atom is 0.324 e. The Morgan fingerprint density at radius 2 is 1.81 bits per heavy atom. The quantitative estimate of drug-likeness (QED) is 0.866. The second-order valence-corrected chi connectivity index (χ2v) is 6.22. The molecule has 1 N–H and O–H groups in total. The number of urea groups is 1. The Bertz CT molecular complexity index is 747. The van der Waals surface area contributed by atoms with Crippen LogP contribution in [-0.2, 0) is 4.79 Å². The Hall–Kier alpha value is -3.02. The van der Waals surface area contributed by atoms with Gasteiger partial charge in [0.15, 0.2) is 0 Å². The van der Waals surface area contributed by atoms with Gasteiger partial charge in [-0.15, -0.1) is 0 Å². The largest absolute Gasteiger partial charge is 0.493 e. The van der Waals surface area contributed by atoms with Gasteiger partial charge >= 0.3 is 6.03 Å². The van der Waals surface area contributed by atoms with Crippen molar-refractivity contribution in [3.63, 3.8) is 0 Å². The number of nitrogens with one attached hydrogen (secondary N) is 1. The average Bonchev–Trinajstić information content (AvgIpc) is 2.66. The van der Waals surface area contributed by atoms with Crippen molar-refractivity contribution >= 4 is 23.3 Å². The Morgan fingerprint density at radius 3 is 2.54 bits per heavy atom. The lowest BCUT2D eigenvalue weighted by Crippen LogP contribution is -2.47. The number of carbonyl (C=O) groups excluding carboxylic acids is 2. The molecule has 26 heavy (non-hydrogen) atoms. The van der Waals surface area contributed by atoms with Crippen LogP contribution in [0.2, 0.25) is 0 Å². The normalized spacial score (nSPS) is 14.3. The van der Waals surface area contributed by atoms with Crippen LogP contribution in [0.1, 0.15) is 12.8 Å². The molecule has 0 radical (unpaired) electrons. The van der Waals surface area contributed by atoms with Gasteiger partial charge in [-0.1, -0.05) is 18.2 Å². The van der Waals surface area contributed by atoms with E-state index in [4.69, 9.17) is 4.74 Å². The molecule has 3 amide bonds. The molecule has 6 nitrogen and oxygen atoms in total. The van der Waals surface area contributed by atoms with Crippen LogP contribution < -0.4 is 15.0 Å². The summed E-state index contributed by atoms with van der Waals surface area (Å²) in [5, 5.41) is 2.85. The Kier molecular flexibility index (Phi) is 5.73. The first-order chi connectivity index (χ1) is 12.6. The van der Waals surface area contributed by atoms with Gasteiger partial charge in [-0.2, -0.15) is 0 Å². The van der Waals surface area contributed by atoms with Crippen molar-refractivity contribution in [3.8, 4) is 5.75 Å². The van der Waals surface area contributed by atoms with Crippen molar-refractivity contribution in [1.82, 2.24) is 4.90 Å². The van der Waals surface area contributed by atoms with E-state index in [-0.39, 0.29) is 18.4 Å². The van der Waals surface area contributed by atoms with Crippen molar-refractivity contribution in [1.29, 1.82) is 0 Å². The van der Waals surface area contributed by atoms with Crippen LogP contribution in [0.3, 0.4) is 0 Å². The maximum atomic E-state index is 12.2. The summed E-state index contributed by atoms with van der Waals surface area (Å²) in [7, 11) is 1.81. The van der Waals surface area contributed by atoms with Crippen molar-refractivity contribution in [2.45, 2.75) is 12.8 Å². The molecule has 0 atom stereocenters. The molecule has 2 aromatic rings. The number of hydrogen-bond acceptors (Lipinski definition) is 3. The van der Waals surface area contributed by atoms with E-state index in [1.54, 1.807) is 16.8 Å². The van der Waals surface area contributed by atoms with E-state index in [0.29, 0.717) is 18.8 Å². The molecule has 1 aliphatic rings. The number of amides is 3. The van der Waals surface area contributed by atoms with E-state index in [0.717, 1.165) is 24.4 Å². The molecule has 0 aliphatic carbocycles. The number of nitrogens with zero attached hydrogens (tertiary/aromatic N) is 2. The second-order valence-electron chi connectivity index (χ2n) is 6.22. The van der Waals surface area contributed by atoms with Crippen LogP contribution in [0, 0.1) is 0 Å². The smallest absolute Gasteiger partial charge is 0.324 e. The highest BCUT2D eigenvalue weighted by molar-refractivity contribution is 5.94. The van der Waals surface area contributed by atoms with Crippen LogP contribution in [0.5, 0.6) is 5.75 Å². The zero-order chi connectivity index (χ0) is 18.4. The lowest BCUT2D eigenvalue weighted by Gasteiger charge is -2.33. The lowest BCUT2D eigenvalue weighted by atomic mass is 10.2. The molecule has 2 aromatic carbocycles. The highest BCUT2D eigenvalue weighted by atomic mass is 16.5. The fraction of sp³-hybridized carbons (Fsp3) is 0.300. The molecular formula is C20H23N3O3. The first-order valence-electron chi connectivity index (χ1n) is 8.74. The summed E-state index contributed by atoms with van der Waals surface area (Å²) in [4.78, 5) is 27.7. The number of carbonyl (C=O) groups is 2. The summed E-state index contributed by atoms with van der Waals surface area (Å²) in [5.41, 5.74) is 1.54. The van der Waals surface area contributed by atoms with Gasteiger partial charge in [0.25, 0.3) is 0 Å². The molecule has 3 rings (SSSR count). The molecule has 1 saturated heterocycles. The van der Waals surface area contributed by atoms with Crippen molar-refractivity contribution in [3.05, 3.63) is 54.6 Å². The van der Waals surface area contributed by atoms with E-state index >= 15 is 0 Å². The Balaban J connectivity index is 1.49. The summed E-state index contributed by atoms with van der Waals surface area (Å²) in [6, 6.07) is 16.8. The molecule has 0 saturated carbocycles. The Morgan fingerprint density at radius 1 is 1.08 bits per heavy atom. The van der Waals surface area contributed by atoms with Gasteiger partial charge < -0.3 is 15.0 Å². The lowest BCUT2D eigenvalue weighted by molar-refractivity contribution is -0.116. The average molecular weight is 353 g/mol. The van der Waals surface area contributed by atoms with Gasteiger partial charge in [0, 0.05) is 31.5 Å². The molecule has 1 fully saturated rings. The predicted octanol–water partition coefficient (Wildman–Crippen LogP) is 3.36. The van der Waals surface area contributed by atoms with Gasteiger partial charge in [-0.3, -0.25) is 9.69 Å². The van der Waals surface area contributed by atoms with Gasteiger partial charge in [-0.25, -0.2) is 4.79 Å². The highest BCUT2D eigenvalue weighted by Gasteiger charge is 2.23. The molecule has 0 aromatic heterocycles. The van der Waals surface area contributed by atoms with Crippen LogP contribution in [0.4, 0.5) is 16.2 Å². The minimum absolute atomic E-state index is 0.00564. The van der Waals surface area contributed by atoms with Crippen LogP contribution in [0.25, 0.3) is 0 Å². The zero-order valence-corrected chi connectivity index (χ0v) is 14.9. The molecule has 1 heterocycles. The second kappa shape index (κ2) is 8.38. The highest BCUT2D eigenvalue weighted by Crippen LogP contribution is 2.21. The number of para-hydroxylation sites is 1. The van der Waals surface area contributed by atoms with Crippen molar-refractivity contribution in [2.24, 2.45) is 0 Å². The third-order valence-electron chi connectivity index (χ3n) is 4.24. The summed E-state index contributed by atoms with van der Waals surface area (Å²) in [6.07, 6.45) is 1.22. The van der Waals surface area contributed by atoms with E-state index in [1.807, 2.05) is 54.6 Å². The van der Waals surface area contributed by atoms with Gasteiger partial charge in [0.05, 0.1) is 13.0 Å². The molecule has 0 spiro atoms. The zero-order valence-electron chi connectivity index (χ0n) is 14.9. The number of hydrogen-bond donors (Lipinski definition) is 1. The minimum atomic E-state index is -0.109.